The highest BCUT2D eigenvalue weighted by molar-refractivity contribution is 5.66. The van der Waals surface area contributed by atoms with E-state index in [1.165, 1.54) is 11.1 Å². The van der Waals surface area contributed by atoms with Crippen LogP contribution in [0.3, 0.4) is 0 Å². The van der Waals surface area contributed by atoms with Gasteiger partial charge >= 0.3 is 0 Å². The number of rotatable bonds is 2. The molecule has 0 saturated carbocycles. The maximum absolute atomic E-state index is 7.43. The van der Waals surface area contributed by atoms with Gasteiger partial charge in [0.1, 0.15) is 0 Å². The van der Waals surface area contributed by atoms with Gasteiger partial charge < -0.3 is 0 Å². The molecule has 0 fully saturated rings. The van der Waals surface area contributed by atoms with E-state index in [-0.39, 0.29) is 0 Å². The minimum Gasteiger partial charge on any atom is -0.256 e. The van der Waals surface area contributed by atoms with Crippen LogP contribution in [0, 0.1) is 6.92 Å². The lowest BCUT2D eigenvalue weighted by Gasteiger charge is -2.14. The number of aryl methyl sites for hydroxylation is 1. The van der Waals surface area contributed by atoms with Gasteiger partial charge in [0.15, 0.2) is 0 Å². The molecule has 0 radical (unpaired) electrons. The Morgan fingerprint density at radius 1 is 1.29 bits per heavy atom. The first-order valence-corrected chi connectivity index (χ1v) is 6.16. The molecule has 90 valence electrons. The summed E-state index contributed by atoms with van der Waals surface area (Å²) in [5, 5.41) is 0. The highest BCUT2D eigenvalue weighted by Gasteiger charge is 2.10. The molecule has 1 aliphatic carbocycles. The van der Waals surface area contributed by atoms with E-state index in [9.17, 15) is 0 Å². The zero-order valence-corrected chi connectivity index (χ0v) is 10.7. The molecule has 0 bridgehead atoms. The Bertz CT molecular complexity index is 566. The van der Waals surface area contributed by atoms with Gasteiger partial charge in [0, 0.05) is 10.3 Å². The fraction of sp³-hybridized carbons (Fsp3) is 0.438. The van der Waals surface area contributed by atoms with Crippen LogP contribution in [0.5, 0.6) is 0 Å². The van der Waals surface area contributed by atoms with Gasteiger partial charge in [0.2, 0.25) is 0 Å². The maximum Gasteiger partial charge on any atom is 0.0664 e. The van der Waals surface area contributed by atoms with E-state index < -0.39 is 6.85 Å². The van der Waals surface area contributed by atoms with Crippen LogP contribution < -0.4 is 0 Å². The molecule has 0 atom stereocenters. The molecule has 0 aliphatic heterocycles. The number of hydrogen-bond donors (Lipinski definition) is 0. The van der Waals surface area contributed by atoms with Crippen LogP contribution in [0.2, 0.25) is 0 Å². The Morgan fingerprint density at radius 2 is 2.12 bits per heavy atom. The molecule has 1 aliphatic rings. The second-order valence-electron chi connectivity index (χ2n) is 4.96. The molecule has 0 spiro atoms. The minimum absolute atomic E-state index is 0.471. The molecule has 1 heteroatoms. The van der Waals surface area contributed by atoms with Crippen molar-refractivity contribution in [3.8, 4) is 0 Å². The second-order valence-corrected chi connectivity index (χ2v) is 4.96. The lowest BCUT2D eigenvalue weighted by Crippen LogP contribution is -1.99. The second kappa shape index (κ2) is 4.87. The van der Waals surface area contributed by atoms with Crippen molar-refractivity contribution >= 4 is 5.57 Å². The first kappa shape index (κ1) is 8.68. The summed E-state index contributed by atoms with van der Waals surface area (Å²) < 4.78 is 22.3. The van der Waals surface area contributed by atoms with Crippen molar-refractivity contribution in [2.24, 2.45) is 0 Å². The molecule has 1 aromatic rings. The Balaban J connectivity index is 2.28. The fourth-order valence-electron chi connectivity index (χ4n) is 2.20. The normalized spacial score (nSPS) is 19.2. The van der Waals surface area contributed by atoms with Gasteiger partial charge in [-0.2, -0.15) is 0 Å². The van der Waals surface area contributed by atoms with Crippen molar-refractivity contribution in [3.05, 3.63) is 46.8 Å². The van der Waals surface area contributed by atoms with E-state index in [0.717, 1.165) is 17.7 Å². The van der Waals surface area contributed by atoms with Crippen molar-refractivity contribution < 1.29 is 4.11 Å². The summed E-state index contributed by atoms with van der Waals surface area (Å²) in [6.07, 6.45) is 6.92. The van der Waals surface area contributed by atoms with Crippen LogP contribution in [0.15, 0.2) is 30.0 Å². The lowest BCUT2D eigenvalue weighted by molar-refractivity contribution is 0.845. The molecule has 0 unspecified atom stereocenters. The van der Waals surface area contributed by atoms with Crippen molar-refractivity contribution in [1.82, 2.24) is 4.98 Å². The molecule has 2 rings (SSSR count). The van der Waals surface area contributed by atoms with Gasteiger partial charge in [-0.15, -0.1) is 0 Å². The van der Waals surface area contributed by atoms with Gasteiger partial charge in [-0.05, 0) is 55.3 Å². The van der Waals surface area contributed by atoms with E-state index in [1.807, 2.05) is 12.3 Å². The third-order valence-electron chi connectivity index (χ3n) is 3.25. The number of allylic oxidation sites excluding steroid dienone is 4. The largest absolute Gasteiger partial charge is 0.256 e. The van der Waals surface area contributed by atoms with Crippen LogP contribution in [0.25, 0.3) is 5.57 Å². The molecular formula is C16H21N. The summed E-state index contributed by atoms with van der Waals surface area (Å²) in [5.41, 5.74) is 5.14. The summed E-state index contributed by atoms with van der Waals surface area (Å²) in [7, 11) is 0. The summed E-state index contributed by atoms with van der Waals surface area (Å²) in [4.78, 5) is 4.53. The van der Waals surface area contributed by atoms with Crippen LogP contribution in [-0.2, 0) is 0 Å². The highest BCUT2D eigenvalue weighted by atomic mass is 14.7. The quantitative estimate of drug-likeness (QED) is 0.721. The lowest BCUT2D eigenvalue weighted by atomic mass is 9.94. The van der Waals surface area contributed by atoms with Crippen LogP contribution in [-0.4, -0.2) is 4.98 Å². The number of hydrogen-bond acceptors (Lipinski definition) is 1. The Morgan fingerprint density at radius 3 is 2.65 bits per heavy atom. The monoisotopic (exact) mass is 230 g/mol. The SMILES string of the molecule is [2H]C([2H])([2H])C1=CC=C(c2cc(C)c(C(C)C)cn2)CC1. The predicted octanol–water partition coefficient (Wildman–Crippen LogP) is 4.64. The molecule has 0 N–H and O–H groups in total. The fourth-order valence-corrected chi connectivity index (χ4v) is 2.20. The predicted molar refractivity (Wildman–Crippen MR) is 74.0 cm³/mol. The van der Waals surface area contributed by atoms with Gasteiger partial charge in [-0.3, -0.25) is 4.98 Å². The molecule has 0 saturated heterocycles. The highest BCUT2D eigenvalue weighted by Crippen LogP contribution is 2.27. The Labute approximate surface area is 108 Å². The molecule has 1 nitrogen and oxygen atoms in total. The van der Waals surface area contributed by atoms with E-state index in [2.05, 4.69) is 31.8 Å². The minimum atomic E-state index is -1.97. The Kier molecular flexibility index (Phi) is 2.49. The molecule has 0 aromatic carbocycles. The van der Waals surface area contributed by atoms with Crippen molar-refractivity contribution in [2.45, 2.75) is 46.4 Å². The van der Waals surface area contributed by atoms with Crippen LogP contribution >= 0.6 is 0 Å². The summed E-state index contributed by atoms with van der Waals surface area (Å²) >= 11 is 0. The van der Waals surface area contributed by atoms with E-state index in [0.29, 0.717) is 17.9 Å². The molecule has 1 aromatic heterocycles. The summed E-state index contributed by atoms with van der Waals surface area (Å²) in [6, 6.07) is 2.11. The van der Waals surface area contributed by atoms with Crippen molar-refractivity contribution in [3.63, 3.8) is 0 Å². The maximum atomic E-state index is 7.43. The van der Waals surface area contributed by atoms with E-state index >= 15 is 0 Å². The first-order chi connectivity index (χ1) is 9.29. The number of pyridine rings is 1. The average Bonchev–Trinajstić information content (AvgIpc) is 2.37. The zero-order valence-electron chi connectivity index (χ0n) is 13.7. The van der Waals surface area contributed by atoms with Gasteiger partial charge in [0.05, 0.1) is 5.69 Å². The Hall–Kier alpha value is -1.37. The van der Waals surface area contributed by atoms with Crippen molar-refractivity contribution in [2.75, 3.05) is 0 Å². The standard InChI is InChI=1S/C16H21N/c1-11(2)15-10-17-16(9-13(15)4)14-7-5-12(3)6-8-14/h5,7,9-11H,6,8H2,1-4H3/i3D3. The molecule has 1 heterocycles. The van der Waals surface area contributed by atoms with Crippen LogP contribution in [0.1, 0.15) is 60.4 Å². The van der Waals surface area contributed by atoms with Crippen molar-refractivity contribution in [1.29, 1.82) is 0 Å². The molecule has 0 amide bonds. The molecule has 17 heavy (non-hydrogen) atoms. The van der Waals surface area contributed by atoms with E-state index in [1.54, 1.807) is 6.08 Å². The smallest absolute Gasteiger partial charge is 0.0664 e. The average molecular weight is 230 g/mol. The third-order valence-corrected chi connectivity index (χ3v) is 3.25. The third kappa shape index (κ3) is 2.66. The van der Waals surface area contributed by atoms with Crippen LogP contribution in [0.4, 0.5) is 0 Å². The van der Waals surface area contributed by atoms with E-state index in [4.69, 9.17) is 4.11 Å². The summed E-state index contributed by atoms with van der Waals surface area (Å²) in [6.45, 7) is 4.46. The summed E-state index contributed by atoms with van der Waals surface area (Å²) in [5.74, 6) is 0.471. The van der Waals surface area contributed by atoms with Gasteiger partial charge in [0.25, 0.3) is 0 Å². The molecular weight excluding hydrogens is 206 g/mol. The number of aromatic nitrogens is 1. The zero-order chi connectivity index (χ0) is 14.9. The van der Waals surface area contributed by atoms with Gasteiger partial charge in [-0.1, -0.05) is 31.6 Å². The van der Waals surface area contributed by atoms with Gasteiger partial charge in [-0.25, -0.2) is 0 Å². The topological polar surface area (TPSA) is 12.9 Å². The number of nitrogens with zero attached hydrogens (tertiary/aromatic N) is 1. The first-order valence-electron chi connectivity index (χ1n) is 7.66.